The summed E-state index contributed by atoms with van der Waals surface area (Å²) in [6, 6.07) is 0. The van der Waals surface area contributed by atoms with Crippen LogP contribution in [0.1, 0.15) is 45.4 Å². The van der Waals surface area contributed by atoms with Gasteiger partial charge in [0.2, 0.25) is 0 Å². The Morgan fingerprint density at radius 1 is 1.20 bits per heavy atom. The molecule has 0 bridgehead atoms. The van der Waals surface area contributed by atoms with Gasteiger partial charge in [0.05, 0.1) is 10.5 Å². The smallest absolute Gasteiger partial charge is 0.160 e. The quantitative estimate of drug-likeness (QED) is 0.662. The molecule has 5 heteroatoms. The highest BCUT2D eigenvalue weighted by Crippen LogP contribution is 2.28. The van der Waals surface area contributed by atoms with Crippen LogP contribution in [0.4, 0.5) is 0 Å². The molecule has 0 spiro atoms. The van der Waals surface area contributed by atoms with Crippen LogP contribution in [0.5, 0.6) is 0 Å². The minimum atomic E-state index is -3.29. The number of allylic oxidation sites excluding steroid dienone is 3. The number of rotatable bonds is 9. The van der Waals surface area contributed by atoms with Crippen LogP contribution in [-0.2, 0) is 14.6 Å². The van der Waals surface area contributed by atoms with E-state index < -0.39 is 14.6 Å². The first-order valence-electron chi connectivity index (χ1n) is 7.20. The van der Waals surface area contributed by atoms with Crippen molar-refractivity contribution in [2.45, 2.75) is 50.2 Å². The van der Waals surface area contributed by atoms with Gasteiger partial charge in [-0.1, -0.05) is 30.7 Å². The summed E-state index contributed by atoms with van der Waals surface area (Å²) in [5, 5.41) is 0. The second-order valence-electron chi connectivity index (χ2n) is 5.51. The van der Waals surface area contributed by atoms with Gasteiger partial charge in [-0.25, -0.2) is 8.42 Å². The van der Waals surface area contributed by atoms with E-state index in [-0.39, 0.29) is 18.0 Å². The van der Waals surface area contributed by atoms with Gasteiger partial charge in [-0.05, 0) is 32.7 Å². The lowest BCUT2D eigenvalue weighted by Crippen LogP contribution is -2.36. The van der Waals surface area contributed by atoms with Crippen molar-refractivity contribution in [1.82, 2.24) is 0 Å². The Labute approximate surface area is 122 Å². The Balaban J connectivity index is 2.42. The maximum absolute atomic E-state index is 12.3. The van der Waals surface area contributed by atoms with Crippen molar-refractivity contribution in [3.8, 4) is 0 Å². The van der Waals surface area contributed by atoms with Crippen molar-refractivity contribution in [2.75, 3.05) is 12.3 Å². The second kappa shape index (κ2) is 7.74. The van der Waals surface area contributed by atoms with Gasteiger partial charge in [0, 0.05) is 12.8 Å². The summed E-state index contributed by atoms with van der Waals surface area (Å²) >= 11 is 0. The molecule has 114 valence electrons. The van der Waals surface area contributed by atoms with Crippen molar-refractivity contribution in [3.63, 3.8) is 0 Å². The summed E-state index contributed by atoms with van der Waals surface area (Å²) in [5.41, 5.74) is 5.38. The average Bonchev–Trinajstić information content (AvgIpc) is 2.42. The van der Waals surface area contributed by atoms with Crippen molar-refractivity contribution >= 4 is 15.6 Å². The molecule has 0 aromatic carbocycles. The van der Waals surface area contributed by atoms with E-state index in [1.54, 1.807) is 19.1 Å². The van der Waals surface area contributed by atoms with Crippen LogP contribution in [0.25, 0.3) is 0 Å². The maximum Gasteiger partial charge on any atom is 0.160 e. The van der Waals surface area contributed by atoms with Crippen LogP contribution in [0.15, 0.2) is 24.3 Å². The fourth-order valence-electron chi connectivity index (χ4n) is 2.19. The largest absolute Gasteiger partial charge is 0.330 e. The van der Waals surface area contributed by atoms with Gasteiger partial charge in [0.15, 0.2) is 9.84 Å². The Morgan fingerprint density at radius 2 is 1.95 bits per heavy atom. The van der Waals surface area contributed by atoms with Crippen molar-refractivity contribution in [2.24, 2.45) is 5.73 Å². The first-order valence-corrected chi connectivity index (χ1v) is 8.85. The van der Waals surface area contributed by atoms with Crippen LogP contribution in [-0.4, -0.2) is 31.2 Å². The lowest BCUT2D eigenvalue weighted by atomic mass is 10.0. The summed E-state index contributed by atoms with van der Waals surface area (Å²) < 4.78 is 23.8. The number of unbranched alkanes of at least 4 members (excludes halogenated alkanes) is 2. The Kier molecular flexibility index (Phi) is 6.62. The van der Waals surface area contributed by atoms with Crippen molar-refractivity contribution < 1.29 is 13.2 Å². The number of ketones is 1. The summed E-state index contributed by atoms with van der Waals surface area (Å²) in [4.78, 5) is 11.7. The predicted octanol–water partition coefficient (Wildman–Crippen LogP) is 2.15. The van der Waals surface area contributed by atoms with Crippen molar-refractivity contribution in [3.05, 3.63) is 24.3 Å². The molecule has 1 aliphatic rings. The number of hydrogen-bond acceptors (Lipinski definition) is 4. The molecule has 0 radical (unpaired) electrons. The van der Waals surface area contributed by atoms with Crippen molar-refractivity contribution in [1.29, 1.82) is 0 Å². The fourth-order valence-corrected chi connectivity index (χ4v) is 3.79. The lowest BCUT2D eigenvalue weighted by molar-refractivity contribution is -0.118. The van der Waals surface area contributed by atoms with Gasteiger partial charge >= 0.3 is 0 Å². The average molecular weight is 299 g/mol. The highest BCUT2D eigenvalue weighted by atomic mass is 32.2. The molecule has 20 heavy (non-hydrogen) atoms. The van der Waals surface area contributed by atoms with Crippen LogP contribution >= 0.6 is 0 Å². The first-order chi connectivity index (χ1) is 9.41. The molecule has 0 aromatic rings. The summed E-state index contributed by atoms with van der Waals surface area (Å²) in [6.07, 6.45) is 10.9. The van der Waals surface area contributed by atoms with E-state index in [0.717, 1.165) is 19.3 Å². The molecule has 0 aromatic heterocycles. The summed E-state index contributed by atoms with van der Waals surface area (Å²) in [6.45, 7) is 2.36. The van der Waals surface area contributed by atoms with E-state index in [9.17, 15) is 13.2 Å². The highest BCUT2D eigenvalue weighted by Gasteiger charge is 2.36. The van der Waals surface area contributed by atoms with E-state index >= 15 is 0 Å². The van der Waals surface area contributed by atoms with Gasteiger partial charge in [0.1, 0.15) is 5.78 Å². The standard InChI is InChI=1S/C15H25NO3S/c1-15(10-5-3-6-11-15)20(18,19)13-9-14(17)8-4-2-7-12-16/h3,5-6,10H,2,4,7-9,11-13,16H2,1H3. The van der Waals surface area contributed by atoms with Gasteiger partial charge in [-0.2, -0.15) is 0 Å². The third kappa shape index (κ3) is 4.87. The van der Waals surface area contributed by atoms with Crippen LogP contribution < -0.4 is 5.73 Å². The Bertz CT molecular complexity index is 479. The van der Waals surface area contributed by atoms with E-state index in [0.29, 0.717) is 19.4 Å². The topological polar surface area (TPSA) is 77.2 Å². The third-order valence-electron chi connectivity index (χ3n) is 3.74. The van der Waals surface area contributed by atoms with Crippen LogP contribution in [0.3, 0.4) is 0 Å². The minimum absolute atomic E-state index is 0.0320. The minimum Gasteiger partial charge on any atom is -0.330 e. The van der Waals surface area contributed by atoms with Gasteiger partial charge < -0.3 is 5.73 Å². The number of carbonyl (C=O) groups excluding carboxylic acids is 1. The van der Waals surface area contributed by atoms with E-state index in [1.165, 1.54) is 0 Å². The zero-order valence-corrected chi connectivity index (χ0v) is 13.0. The number of Topliss-reactive ketones (excluding diaryl/α,β-unsaturated/α-hetero) is 1. The normalized spacial score (nSPS) is 22.1. The molecule has 4 nitrogen and oxygen atoms in total. The molecule has 1 rings (SSSR count). The molecule has 0 fully saturated rings. The molecular weight excluding hydrogens is 274 g/mol. The summed E-state index contributed by atoms with van der Waals surface area (Å²) in [7, 11) is -3.29. The zero-order valence-electron chi connectivity index (χ0n) is 12.2. The fraction of sp³-hybridized carbons (Fsp3) is 0.667. The van der Waals surface area contributed by atoms with Gasteiger partial charge in [-0.3, -0.25) is 4.79 Å². The number of carbonyl (C=O) groups is 1. The highest BCUT2D eigenvalue weighted by molar-refractivity contribution is 7.93. The van der Waals surface area contributed by atoms with Gasteiger partial charge in [-0.15, -0.1) is 0 Å². The summed E-state index contributed by atoms with van der Waals surface area (Å²) in [5.74, 6) is -0.0262. The predicted molar refractivity (Wildman–Crippen MR) is 82.2 cm³/mol. The molecule has 1 unspecified atom stereocenters. The number of hydrogen-bond donors (Lipinski definition) is 1. The second-order valence-corrected chi connectivity index (χ2v) is 8.08. The number of sulfone groups is 1. The molecule has 0 heterocycles. The molecular formula is C15H25NO3S. The van der Waals surface area contributed by atoms with Crippen LogP contribution in [0, 0.1) is 0 Å². The lowest BCUT2D eigenvalue weighted by Gasteiger charge is -2.26. The molecule has 1 atom stereocenters. The Hall–Kier alpha value is -0.940. The molecule has 0 amide bonds. The SMILES string of the molecule is CC1(S(=O)(=O)CCC(=O)CCCCCN)C=CC=CC1. The zero-order chi connectivity index (χ0) is 15.1. The van der Waals surface area contributed by atoms with Crippen LogP contribution in [0.2, 0.25) is 0 Å². The molecule has 2 N–H and O–H groups in total. The number of nitrogens with two attached hydrogens (primary N) is 1. The third-order valence-corrected chi connectivity index (χ3v) is 6.20. The van der Waals surface area contributed by atoms with E-state index in [2.05, 4.69) is 0 Å². The van der Waals surface area contributed by atoms with E-state index in [4.69, 9.17) is 5.73 Å². The monoisotopic (exact) mass is 299 g/mol. The molecule has 0 aliphatic heterocycles. The Morgan fingerprint density at radius 3 is 2.55 bits per heavy atom. The molecule has 0 saturated heterocycles. The first kappa shape index (κ1) is 17.1. The maximum atomic E-state index is 12.3. The molecule has 1 aliphatic carbocycles. The molecule has 0 saturated carbocycles. The van der Waals surface area contributed by atoms with E-state index in [1.807, 2.05) is 12.2 Å². The van der Waals surface area contributed by atoms with Gasteiger partial charge in [0.25, 0.3) is 0 Å².